The molecule has 0 saturated heterocycles. The van der Waals surface area contributed by atoms with E-state index in [2.05, 4.69) is 20.9 Å². The summed E-state index contributed by atoms with van der Waals surface area (Å²) in [4.78, 5) is 29.5. The van der Waals surface area contributed by atoms with Crippen LogP contribution in [0.5, 0.6) is 0 Å². The molecule has 3 N–H and O–H groups in total. The van der Waals surface area contributed by atoms with Gasteiger partial charge < -0.3 is 16.0 Å². The van der Waals surface area contributed by atoms with Gasteiger partial charge in [-0.3, -0.25) is 4.79 Å². The Labute approximate surface area is 172 Å². The number of nitrogens with zero attached hydrogens (tertiary/aromatic N) is 1. The SMILES string of the molecule is CC(C)NC(=O)Nc1ccc(CNC(=O)Cc2csc(-c3cccs3)n2)cc1. The number of aromatic nitrogens is 1. The number of benzene rings is 1. The quantitative estimate of drug-likeness (QED) is 0.540. The van der Waals surface area contributed by atoms with Crippen LogP contribution in [0, 0.1) is 0 Å². The number of carbonyl (C=O) groups is 2. The monoisotopic (exact) mass is 414 g/mol. The first-order valence-corrected chi connectivity index (χ1v) is 10.7. The van der Waals surface area contributed by atoms with Crippen molar-refractivity contribution in [2.75, 3.05) is 5.32 Å². The van der Waals surface area contributed by atoms with Crippen molar-refractivity contribution < 1.29 is 9.59 Å². The number of thiophene rings is 1. The first-order valence-electron chi connectivity index (χ1n) is 8.91. The molecule has 0 aliphatic carbocycles. The third-order valence-electron chi connectivity index (χ3n) is 3.75. The van der Waals surface area contributed by atoms with Crippen molar-refractivity contribution in [2.45, 2.75) is 32.9 Å². The predicted molar refractivity (Wildman–Crippen MR) is 115 cm³/mol. The zero-order chi connectivity index (χ0) is 19.9. The first-order chi connectivity index (χ1) is 13.5. The zero-order valence-electron chi connectivity index (χ0n) is 15.7. The summed E-state index contributed by atoms with van der Waals surface area (Å²) in [5, 5.41) is 13.3. The number of thiazole rings is 1. The molecule has 0 bridgehead atoms. The van der Waals surface area contributed by atoms with Gasteiger partial charge in [-0.15, -0.1) is 22.7 Å². The molecule has 2 aromatic heterocycles. The molecule has 0 atom stereocenters. The van der Waals surface area contributed by atoms with Crippen molar-refractivity contribution in [3.63, 3.8) is 0 Å². The Bertz CT molecular complexity index is 918. The van der Waals surface area contributed by atoms with Crippen molar-refractivity contribution in [3.05, 3.63) is 58.4 Å². The maximum Gasteiger partial charge on any atom is 0.319 e. The maximum atomic E-state index is 12.2. The minimum absolute atomic E-state index is 0.0680. The number of carbonyl (C=O) groups excluding carboxylic acids is 2. The molecule has 0 radical (unpaired) electrons. The summed E-state index contributed by atoms with van der Waals surface area (Å²) in [5.41, 5.74) is 2.44. The molecule has 0 aliphatic heterocycles. The molecule has 1 aromatic carbocycles. The molecule has 2 heterocycles. The third kappa shape index (κ3) is 5.90. The van der Waals surface area contributed by atoms with Crippen LogP contribution in [-0.2, 0) is 17.8 Å². The van der Waals surface area contributed by atoms with E-state index >= 15 is 0 Å². The summed E-state index contributed by atoms with van der Waals surface area (Å²) in [7, 11) is 0. The van der Waals surface area contributed by atoms with Crippen LogP contribution in [0.15, 0.2) is 47.2 Å². The number of rotatable bonds is 7. The van der Waals surface area contributed by atoms with Crippen LogP contribution in [0.2, 0.25) is 0 Å². The molecule has 146 valence electrons. The second-order valence-corrected chi connectivity index (χ2v) is 8.33. The van der Waals surface area contributed by atoms with Crippen LogP contribution in [-0.4, -0.2) is 23.0 Å². The third-order valence-corrected chi connectivity index (χ3v) is 5.68. The summed E-state index contributed by atoms with van der Waals surface area (Å²) in [5.74, 6) is -0.0680. The number of anilines is 1. The Kier molecular flexibility index (Phi) is 6.78. The Balaban J connectivity index is 1.46. The van der Waals surface area contributed by atoms with E-state index in [1.54, 1.807) is 22.7 Å². The number of nitrogens with one attached hydrogen (secondary N) is 3. The number of urea groups is 1. The Hall–Kier alpha value is -2.71. The lowest BCUT2D eigenvalue weighted by molar-refractivity contribution is -0.120. The summed E-state index contributed by atoms with van der Waals surface area (Å²) >= 11 is 3.19. The molecule has 6 nitrogen and oxygen atoms in total. The largest absolute Gasteiger partial charge is 0.352 e. The van der Waals surface area contributed by atoms with Crippen molar-refractivity contribution in [1.82, 2.24) is 15.6 Å². The summed E-state index contributed by atoms with van der Waals surface area (Å²) in [6.07, 6.45) is 0.261. The van der Waals surface area contributed by atoms with Crippen LogP contribution in [0.25, 0.3) is 9.88 Å². The van der Waals surface area contributed by atoms with Gasteiger partial charge in [-0.1, -0.05) is 18.2 Å². The van der Waals surface area contributed by atoms with Crippen molar-refractivity contribution >= 4 is 40.3 Å². The topological polar surface area (TPSA) is 83.1 Å². The Morgan fingerprint density at radius 1 is 1.11 bits per heavy atom. The highest BCUT2D eigenvalue weighted by atomic mass is 32.1. The lowest BCUT2D eigenvalue weighted by atomic mass is 10.2. The van der Waals surface area contributed by atoms with E-state index in [0.29, 0.717) is 12.2 Å². The molecule has 0 unspecified atom stereocenters. The van der Waals surface area contributed by atoms with E-state index in [9.17, 15) is 9.59 Å². The standard InChI is InChI=1S/C20H22N4O2S2/c1-13(2)22-20(26)24-15-7-5-14(6-8-15)11-21-18(25)10-16-12-28-19(23-16)17-4-3-9-27-17/h3-9,12-13H,10-11H2,1-2H3,(H,21,25)(H2,22,24,26). The maximum absolute atomic E-state index is 12.2. The lowest BCUT2D eigenvalue weighted by Gasteiger charge is -2.10. The normalized spacial score (nSPS) is 10.7. The van der Waals surface area contributed by atoms with E-state index in [0.717, 1.165) is 21.1 Å². The molecule has 28 heavy (non-hydrogen) atoms. The highest BCUT2D eigenvalue weighted by Gasteiger charge is 2.10. The molecule has 3 rings (SSSR count). The van der Waals surface area contributed by atoms with E-state index in [-0.39, 0.29) is 24.4 Å². The van der Waals surface area contributed by atoms with Gasteiger partial charge in [0.05, 0.1) is 17.0 Å². The highest BCUT2D eigenvalue weighted by molar-refractivity contribution is 7.20. The highest BCUT2D eigenvalue weighted by Crippen LogP contribution is 2.27. The van der Waals surface area contributed by atoms with Crippen LogP contribution in [0.1, 0.15) is 25.1 Å². The van der Waals surface area contributed by atoms with E-state index in [1.165, 1.54) is 0 Å². The van der Waals surface area contributed by atoms with Crippen LogP contribution < -0.4 is 16.0 Å². The minimum Gasteiger partial charge on any atom is -0.352 e. The fraction of sp³-hybridized carbons (Fsp3) is 0.250. The Morgan fingerprint density at radius 3 is 2.57 bits per heavy atom. The first kappa shape index (κ1) is 20.0. The molecule has 0 saturated carbocycles. The molecule has 3 aromatic rings. The summed E-state index contributed by atoms with van der Waals surface area (Å²) in [6.45, 7) is 4.24. The fourth-order valence-corrected chi connectivity index (χ4v) is 4.10. The van der Waals surface area contributed by atoms with Crippen LogP contribution in [0.4, 0.5) is 10.5 Å². The molecule has 3 amide bonds. The number of hydrogen-bond acceptors (Lipinski definition) is 5. The summed E-state index contributed by atoms with van der Waals surface area (Å²) in [6, 6.07) is 11.2. The predicted octanol–water partition coefficient (Wildman–Crippen LogP) is 4.26. The van der Waals surface area contributed by atoms with Gasteiger partial charge in [-0.05, 0) is 43.0 Å². The Morgan fingerprint density at radius 2 is 1.89 bits per heavy atom. The second kappa shape index (κ2) is 9.48. The number of hydrogen-bond donors (Lipinski definition) is 3. The average molecular weight is 415 g/mol. The molecular formula is C20H22N4O2S2. The lowest BCUT2D eigenvalue weighted by Crippen LogP contribution is -2.34. The van der Waals surface area contributed by atoms with Crippen LogP contribution in [0.3, 0.4) is 0 Å². The van der Waals surface area contributed by atoms with Gasteiger partial charge in [-0.25, -0.2) is 9.78 Å². The van der Waals surface area contributed by atoms with Gasteiger partial charge >= 0.3 is 6.03 Å². The smallest absolute Gasteiger partial charge is 0.319 e. The van der Waals surface area contributed by atoms with Gasteiger partial charge in [-0.2, -0.15) is 0 Å². The molecular weight excluding hydrogens is 392 g/mol. The van der Waals surface area contributed by atoms with E-state index < -0.39 is 0 Å². The second-order valence-electron chi connectivity index (χ2n) is 6.52. The number of amides is 3. The molecule has 0 fully saturated rings. The fourth-order valence-electron chi connectivity index (χ4n) is 2.46. The van der Waals surface area contributed by atoms with Gasteiger partial charge in [0.25, 0.3) is 0 Å². The van der Waals surface area contributed by atoms with Crippen molar-refractivity contribution in [2.24, 2.45) is 0 Å². The van der Waals surface area contributed by atoms with Gasteiger partial charge in [0.2, 0.25) is 5.91 Å². The van der Waals surface area contributed by atoms with Gasteiger partial charge in [0, 0.05) is 23.7 Å². The van der Waals surface area contributed by atoms with Crippen molar-refractivity contribution in [3.8, 4) is 9.88 Å². The van der Waals surface area contributed by atoms with Crippen molar-refractivity contribution in [1.29, 1.82) is 0 Å². The molecule has 0 aliphatic rings. The van der Waals surface area contributed by atoms with E-state index in [4.69, 9.17) is 0 Å². The molecule has 0 spiro atoms. The van der Waals surface area contributed by atoms with Gasteiger partial charge in [0.15, 0.2) is 0 Å². The minimum atomic E-state index is -0.235. The molecule has 8 heteroatoms. The zero-order valence-corrected chi connectivity index (χ0v) is 17.3. The van der Waals surface area contributed by atoms with E-state index in [1.807, 2.05) is 61.0 Å². The summed E-state index contributed by atoms with van der Waals surface area (Å²) < 4.78 is 0. The average Bonchev–Trinajstić information content (AvgIpc) is 3.32. The van der Waals surface area contributed by atoms with Crippen LogP contribution >= 0.6 is 22.7 Å². The van der Waals surface area contributed by atoms with Gasteiger partial charge in [0.1, 0.15) is 5.01 Å².